The van der Waals surface area contributed by atoms with Gasteiger partial charge in [-0.3, -0.25) is 4.79 Å². The van der Waals surface area contributed by atoms with Crippen molar-refractivity contribution in [3.05, 3.63) is 35.6 Å². The minimum atomic E-state index is -0.224. The summed E-state index contributed by atoms with van der Waals surface area (Å²) < 4.78 is 12.8. The van der Waals surface area contributed by atoms with Crippen LogP contribution in [0.15, 0.2) is 24.3 Å². The van der Waals surface area contributed by atoms with Gasteiger partial charge in [0.2, 0.25) is 5.91 Å². The maximum Gasteiger partial charge on any atom is 0.223 e. The van der Waals surface area contributed by atoms with Crippen molar-refractivity contribution in [1.29, 1.82) is 0 Å². The summed E-state index contributed by atoms with van der Waals surface area (Å²) in [7, 11) is 0. The molecule has 1 heterocycles. The predicted octanol–water partition coefficient (Wildman–Crippen LogP) is 1.26. The first-order chi connectivity index (χ1) is 8.74. The first-order valence-corrected chi connectivity index (χ1v) is 6.48. The molecule has 0 aromatic heterocycles. The molecule has 2 atom stereocenters. The molecule has 4 heteroatoms. The Balaban J connectivity index is 1.50. The Morgan fingerprint density at radius 2 is 2.06 bits per heavy atom. The van der Waals surface area contributed by atoms with Crippen molar-refractivity contribution >= 4 is 5.91 Å². The van der Waals surface area contributed by atoms with Crippen LogP contribution in [0.25, 0.3) is 0 Å². The normalized spacial score (nSPS) is 26.5. The number of nitrogens with one attached hydrogen (secondary N) is 2. The molecule has 1 aliphatic heterocycles. The molecule has 1 amide bonds. The second-order valence-corrected chi connectivity index (χ2v) is 5.27. The monoisotopic (exact) mass is 248 g/mol. The van der Waals surface area contributed by atoms with Crippen LogP contribution in [0, 0.1) is 17.7 Å². The average Bonchev–Trinajstić information content (AvgIpc) is 3.08. The van der Waals surface area contributed by atoms with Crippen LogP contribution in [-0.4, -0.2) is 25.5 Å². The topological polar surface area (TPSA) is 41.1 Å². The molecular weight excluding hydrogens is 231 g/mol. The van der Waals surface area contributed by atoms with Crippen molar-refractivity contribution in [3.63, 3.8) is 0 Å². The van der Waals surface area contributed by atoms with Gasteiger partial charge < -0.3 is 10.6 Å². The molecule has 3 rings (SSSR count). The first kappa shape index (κ1) is 11.7. The average molecular weight is 248 g/mol. The largest absolute Gasteiger partial charge is 0.355 e. The third-order valence-electron chi connectivity index (χ3n) is 3.86. The Bertz CT molecular complexity index is 442. The minimum Gasteiger partial charge on any atom is -0.355 e. The van der Waals surface area contributed by atoms with Crippen molar-refractivity contribution in [2.75, 3.05) is 19.6 Å². The summed E-state index contributed by atoms with van der Waals surface area (Å²) in [4.78, 5) is 11.9. The molecule has 0 spiro atoms. The fourth-order valence-electron chi connectivity index (χ4n) is 2.43. The quantitative estimate of drug-likeness (QED) is 0.842. The summed E-state index contributed by atoms with van der Waals surface area (Å²) in [6.45, 7) is 2.79. The molecule has 96 valence electrons. The second-order valence-electron chi connectivity index (χ2n) is 5.27. The van der Waals surface area contributed by atoms with Crippen LogP contribution in [0.1, 0.15) is 17.9 Å². The highest BCUT2D eigenvalue weighted by molar-refractivity contribution is 5.82. The predicted molar refractivity (Wildman–Crippen MR) is 66.6 cm³/mol. The van der Waals surface area contributed by atoms with Crippen LogP contribution in [0.2, 0.25) is 0 Å². The van der Waals surface area contributed by atoms with Crippen molar-refractivity contribution in [1.82, 2.24) is 10.6 Å². The van der Waals surface area contributed by atoms with Gasteiger partial charge in [0.25, 0.3) is 0 Å². The van der Waals surface area contributed by atoms with E-state index in [4.69, 9.17) is 0 Å². The van der Waals surface area contributed by atoms with Crippen LogP contribution in [0.5, 0.6) is 0 Å². The van der Waals surface area contributed by atoms with E-state index in [0.29, 0.717) is 5.92 Å². The molecule has 0 radical (unpaired) electrons. The Hall–Kier alpha value is -1.42. The van der Waals surface area contributed by atoms with Gasteiger partial charge in [0.1, 0.15) is 5.82 Å². The van der Waals surface area contributed by atoms with Crippen molar-refractivity contribution < 1.29 is 9.18 Å². The smallest absolute Gasteiger partial charge is 0.223 e. The lowest BCUT2D eigenvalue weighted by molar-refractivity contribution is -0.122. The molecule has 2 aliphatic rings. The van der Waals surface area contributed by atoms with Crippen LogP contribution in [0.3, 0.4) is 0 Å². The van der Waals surface area contributed by atoms with Gasteiger partial charge in [-0.15, -0.1) is 0 Å². The lowest BCUT2D eigenvalue weighted by Gasteiger charge is -2.27. The van der Waals surface area contributed by atoms with E-state index in [1.54, 1.807) is 12.1 Å². The lowest BCUT2D eigenvalue weighted by atomic mass is 10.0. The highest BCUT2D eigenvalue weighted by Crippen LogP contribution is 2.47. The molecule has 2 fully saturated rings. The molecule has 1 aromatic carbocycles. The first-order valence-electron chi connectivity index (χ1n) is 6.48. The summed E-state index contributed by atoms with van der Waals surface area (Å²) in [6.07, 6.45) is 0.889. The highest BCUT2D eigenvalue weighted by atomic mass is 19.1. The van der Waals surface area contributed by atoms with Crippen LogP contribution in [0.4, 0.5) is 4.39 Å². The molecule has 1 aromatic rings. The van der Waals surface area contributed by atoms with Gasteiger partial charge in [0.15, 0.2) is 0 Å². The Labute approximate surface area is 106 Å². The second kappa shape index (κ2) is 4.69. The number of halogens is 1. The molecule has 1 aliphatic carbocycles. The lowest BCUT2D eigenvalue weighted by Crippen LogP contribution is -2.48. The minimum absolute atomic E-state index is 0.0866. The molecule has 0 bridgehead atoms. The van der Waals surface area contributed by atoms with E-state index in [1.807, 2.05) is 0 Å². The van der Waals surface area contributed by atoms with Gasteiger partial charge in [0.05, 0.1) is 0 Å². The number of hydrogen-bond acceptors (Lipinski definition) is 2. The van der Waals surface area contributed by atoms with Gasteiger partial charge in [-0.2, -0.15) is 0 Å². The standard InChI is InChI=1S/C14H17FN2O/c15-11-3-1-10(2-4-11)12-5-13(12)14(18)17-8-9-6-16-7-9/h1-4,9,12-13,16H,5-8H2,(H,17,18). The summed E-state index contributed by atoms with van der Waals surface area (Å²) in [5.74, 6) is 0.889. The van der Waals surface area contributed by atoms with Gasteiger partial charge in [-0.25, -0.2) is 4.39 Å². The number of carbonyl (C=O) groups excluding carboxylic acids is 1. The van der Waals surface area contributed by atoms with Gasteiger partial charge in [-0.1, -0.05) is 12.1 Å². The van der Waals surface area contributed by atoms with E-state index in [2.05, 4.69) is 10.6 Å². The molecular formula is C14H17FN2O. The maximum absolute atomic E-state index is 12.8. The van der Waals surface area contributed by atoms with Crippen molar-refractivity contribution in [2.45, 2.75) is 12.3 Å². The molecule has 1 saturated carbocycles. The molecule has 2 unspecified atom stereocenters. The van der Waals surface area contributed by atoms with Gasteiger partial charge in [-0.05, 0) is 30.0 Å². The third kappa shape index (κ3) is 2.38. The molecule has 1 saturated heterocycles. The van der Waals surface area contributed by atoms with Crippen LogP contribution in [-0.2, 0) is 4.79 Å². The summed E-state index contributed by atoms with van der Waals surface area (Å²) in [5.41, 5.74) is 1.07. The van der Waals surface area contributed by atoms with Crippen LogP contribution < -0.4 is 10.6 Å². The zero-order valence-electron chi connectivity index (χ0n) is 10.2. The van der Waals surface area contributed by atoms with Crippen molar-refractivity contribution in [2.24, 2.45) is 11.8 Å². The van der Waals surface area contributed by atoms with Gasteiger partial charge in [0, 0.05) is 31.5 Å². The van der Waals surface area contributed by atoms with E-state index < -0.39 is 0 Å². The Kier molecular flexibility index (Phi) is 3.04. The fraction of sp³-hybridized carbons (Fsp3) is 0.500. The van der Waals surface area contributed by atoms with E-state index in [1.165, 1.54) is 12.1 Å². The zero-order valence-corrected chi connectivity index (χ0v) is 10.2. The van der Waals surface area contributed by atoms with E-state index in [-0.39, 0.29) is 23.6 Å². The summed E-state index contributed by atoms with van der Waals surface area (Å²) in [5, 5.41) is 6.19. The number of benzene rings is 1. The number of hydrogen-bond donors (Lipinski definition) is 2. The van der Waals surface area contributed by atoms with Gasteiger partial charge >= 0.3 is 0 Å². The fourth-order valence-corrected chi connectivity index (χ4v) is 2.43. The zero-order chi connectivity index (χ0) is 12.5. The van der Waals surface area contributed by atoms with E-state index in [9.17, 15) is 9.18 Å². The molecule has 2 N–H and O–H groups in total. The van der Waals surface area contributed by atoms with Crippen LogP contribution >= 0.6 is 0 Å². The number of rotatable bonds is 4. The van der Waals surface area contributed by atoms with E-state index >= 15 is 0 Å². The maximum atomic E-state index is 12.8. The molecule has 3 nitrogen and oxygen atoms in total. The SMILES string of the molecule is O=C(NCC1CNC1)C1CC1c1ccc(F)cc1. The Morgan fingerprint density at radius 1 is 1.33 bits per heavy atom. The molecule has 18 heavy (non-hydrogen) atoms. The van der Waals surface area contributed by atoms with Crippen molar-refractivity contribution in [3.8, 4) is 0 Å². The number of carbonyl (C=O) groups is 1. The van der Waals surface area contributed by atoms with E-state index in [0.717, 1.165) is 31.6 Å². The Morgan fingerprint density at radius 3 is 2.67 bits per heavy atom. The summed E-state index contributed by atoms with van der Waals surface area (Å²) >= 11 is 0. The summed E-state index contributed by atoms with van der Waals surface area (Å²) in [6, 6.07) is 6.48. The highest BCUT2D eigenvalue weighted by Gasteiger charge is 2.43. The third-order valence-corrected chi connectivity index (χ3v) is 3.86. The number of amides is 1.